The van der Waals surface area contributed by atoms with Crippen LogP contribution in [0.1, 0.15) is 13.3 Å². The Bertz CT molecular complexity index is 109. The second-order valence-corrected chi connectivity index (χ2v) is 3.34. The first-order valence-corrected chi connectivity index (χ1v) is 3.49. The summed E-state index contributed by atoms with van der Waals surface area (Å²) in [5.41, 5.74) is 0. The SMILES string of the molecule is C[C@@H]1C2CC2CN1C. The van der Waals surface area contributed by atoms with Crippen molar-refractivity contribution >= 4 is 0 Å². The normalized spacial score (nSPS) is 54.0. The molecule has 0 spiro atoms. The van der Waals surface area contributed by atoms with Gasteiger partial charge in [0.1, 0.15) is 0 Å². The van der Waals surface area contributed by atoms with Crippen LogP contribution in [0.3, 0.4) is 0 Å². The number of hydrogen-bond donors (Lipinski definition) is 0. The van der Waals surface area contributed by atoms with Gasteiger partial charge in [-0.15, -0.1) is 0 Å². The van der Waals surface area contributed by atoms with Gasteiger partial charge in [0.25, 0.3) is 0 Å². The summed E-state index contributed by atoms with van der Waals surface area (Å²) in [5, 5.41) is 0. The van der Waals surface area contributed by atoms with E-state index in [9.17, 15) is 0 Å². The number of fused-ring (bicyclic) bond motifs is 1. The highest BCUT2D eigenvalue weighted by atomic mass is 15.2. The van der Waals surface area contributed by atoms with Crippen LogP contribution in [0.4, 0.5) is 0 Å². The van der Waals surface area contributed by atoms with Gasteiger partial charge in [-0.25, -0.2) is 0 Å². The first kappa shape index (κ1) is 4.80. The Labute approximate surface area is 50.7 Å². The van der Waals surface area contributed by atoms with Gasteiger partial charge < -0.3 is 4.90 Å². The van der Waals surface area contributed by atoms with Crippen molar-refractivity contribution in [1.29, 1.82) is 0 Å². The molecular formula is C7H13N. The van der Waals surface area contributed by atoms with Crippen molar-refractivity contribution in [3.63, 3.8) is 0 Å². The topological polar surface area (TPSA) is 3.24 Å². The molecule has 1 aliphatic heterocycles. The number of rotatable bonds is 0. The quantitative estimate of drug-likeness (QED) is 0.450. The first-order valence-electron chi connectivity index (χ1n) is 3.49. The maximum Gasteiger partial charge on any atom is 0.00955 e. The molecule has 0 radical (unpaired) electrons. The molecule has 1 saturated heterocycles. The molecule has 2 aliphatic rings. The molecular weight excluding hydrogens is 98.1 g/mol. The Kier molecular flexibility index (Phi) is 0.762. The van der Waals surface area contributed by atoms with Crippen LogP contribution in [-0.4, -0.2) is 24.5 Å². The standard InChI is InChI=1S/C7H13N/c1-5-7-3-6(7)4-8(5)2/h5-7H,3-4H2,1-2H3/t5-,6?,7?/m1/s1. The summed E-state index contributed by atoms with van der Waals surface area (Å²) in [5.74, 6) is 2.18. The molecule has 1 heteroatoms. The fourth-order valence-electron chi connectivity index (χ4n) is 1.93. The zero-order valence-electron chi connectivity index (χ0n) is 5.59. The monoisotopic (exact) mass is 111 g/mol. The van der Waals surface area contributed by atoms with Crippen molar-refractivity contribution in [2.24, 2.45) is 11.8 Å². The lowest BCUT2D eigenvalue weighted by atomic mass is 10.2. The Morgan fingerprint density at radius 2 is 2.25 bits per heavy atom. The highest BCUT2D eigenvalue weighted by molar-refractivity contribution is 5.00. The third kappa shape index (κ3) is 0.455. The van der Waals surface area contributed by atoms with Gasteiger partial charge in [-0.2, -0.15) is 0 Å². The summed E-state index contributed by atoms with van der Waals surface area (Å²) >= 11 is 0. The second kappa shape index (κ2) is 1.27. The first-order chi connectivity index (χ1) is 3.79. The number of likely N-dealkylation sites (tertiary alicyclic amines) is 1. The van der Waals surface area contributed by atoms with Crippen LogP contribution in [0.2, 0.25) is 0 Å². The van der Waals surface area contributed by atoms with Crippen molar-refractivity contribution in [2.45, 2.75) is 19.4 Å². The van der Waals surface area contributed by atoms with Crippen LogP contribution in [0, 0.1) is 11.8 Å². The molecule has 0 aromatic rings. The van der Waals surface area contributed by atoms with Gasteiger partial charge in [-0.3, -0.25) is 0 Å². The van der Waals surface area contributed by atoms with Gasteiger partial charge in [0, 0.05) is 12.6 Å². The van der Waals surface area contributed by atoms with Crippen LogP contribution in [0.25, 0.3) is 0 Å². The summed E-state index contributed by atoms with van der Waals surface area (Å²) in [6.07, 6.45) is 1.52. The van der Waals surface area contributed by atoms with Gasteiger partial charge in [0.15, 0.2) is 0 Å². The average molecular weight is 111 g/mol. The van der Waals surface area contributed by atoms with Crippen LogP contribution in [0.15, 0.2) is 0 Å². The molecule has 1 aliphatic carbocycles. The minimum absolute atomic E-state index is 0.889. The smallest absolute Gasteiger partial charge is 0.00955 e. The molecule has 0 N–H and O–H groups in total. The van der Waals surface area contributed by atoms with Crippen molar-refractivity contribution in [3.05, 3.63) is 0 Å². The molecule has 0 aromatic heterocycles. The summed E-state index contributed by atoms with van der Waals surface area (Å²) < 4.78 is 0. The van der Waals surface area contributed by atoms with Crippen molar-refractivity contribution in [2.75, 3.05) is 13.6 Å². The summed E-state index contributed by atoms with van der Waals surface area (Å²) in [4.78, 5) is 2.47. The predicted molar refractivity (Wildman–Crippen MR) is 33.7 cm³/mol. The highest BCUT2D eigenvalue weighted by Crippen LogP contribution is 2.48. The fourth-order valence-corrected chi connectivity index (χ4v) is 1.93. The van der Waals surface area contributed by atoms with Crippen LogP contribution in [-0.2, 0) is 0 Å². The molecule has 0 amide bonds. The molecule has 46 valence electrons. The molecule has 3 atom stereocenters. The zero-order chi connectivity index (χ0) is 5.72. The Morgan fingerprint density at radius 1 is 1.50 bits per heavy atom. The van der Waals surface area contributed by atoms with Gasteiger partial charge in [-0.05, 0) is 32.2 Å². The second-order valence-electron chi connectivity index (χ2n) is 3.34. The van der Waals surface area contributed by atoms with E-state index in [2.05, 4.69) is 18.9 Å². The fraction of sp³-hybridized carbons (Fsp3) is 1.00. The van der Waals surface area contributed by atoms with Crippen molar-refractivity contribution in [3.8, 4) is 0 Å². The molecule has 0 bridgehead atoms. The maximum atomic E-state index is 2.47. The van der Waals surface area contributed by atoms with Gasteiger partial charge in [0.2, 0.25) is 0 Å². The largest absolute Gasteiger partial charge is 0.303 e. The molecule has 2 rings (SSSR count). The van der Waals surface area contributed by atoms with E-state index in [0.29, 0.717) is 0 Å². The summed E-state index contributed by atoms with van der Waals surface area (Å²) in [6, 6.07) is 0.889. The third-order valence-corrected chi connectivity index (χ3v) is 2.81. The number of nitrogens with zero attached hydrogens (tertiary/aromatic N) is 1. The lowest BCUT2D eigenvalue weighted by Gasteiger charge is -2.16. The van der Waals surface area contributed by atoms with E-state index >= 15 is 0 Å². The number of hydrogen-bond acceptors (Lipinski definition) is 1. The van der Waals surface area contributed by atoms with Crippen molar-refractivity contribution < 1.29 is 0 Å². The summed E-state index contributed by atoms with van der Waals surface area (Å²) in [6.45, 7) is 3.71. The van der Waals surface area contributed by atoms with Gasteiger partial charge in [-0.1, -0.05) is 0 Å². The molecule has 1 saturated carbocycles. The van der Waals surface area contributed by atoms with Gasteiger partial charge in [0.05, 0.1) is 0 Å². The molecule has 0 aromatic carbocycles. The molecule has 8 heavy (non-hydrogen) atoms. The van der Waals surface area contributed by atoms with Crippen LogP contribution >= 0.6 is 0 Å². The predicted octanol–water partition coefficient (Wildman–Crippen LogP) is 0.956. The van der Waals surface area contributed by atoms with Crippen LogP contribution < -0.4 is 0 Å². The maximum absolute atomic E-state index is 2.47. The van der Waals surface area contributed by atoms with Crippen LogP contribution in [0.5, 0.6) is 0 Å². The molecule has 1 nitrogen and oxygen atoms in total. The van der Waals surface area contributed by atoms with E-state index in [1.165, 1.54) is 13.0 Å². The molecule has 2 fully saturated rings. The lowest BCUT2D eigenvalue weighted by Crippen LogP contribution is -2.25. The summed E-state index contributed by atoms with van der Waals surface area (Å²) in [7, 11) is 2.23. The lowest BCUT2D eigenvalue weighted by molar-refractivity contribution is 0.287. The Balaban J connectivity index is 2.08. The Hall–Kier alpha value is -0.0400. The van der Waals surface area contributed by atoms with E-state index in [0.717, 1.165) is 17.9 Å². The van der Waals surface area contributed by atoms with E-state index in [4.69, 9.17) is 0 Å². The van der Waals surface area contributed by atoms with E-state index < -0.39 is 0 Å². The molecule has 1 heterocycles. The van der Waals surface area contributed by atoms with E-state index in [1.807, 2.05) is 0 Å². The Morgan fingerprint density at radius 3 is 2.50 bits per heavy atom. The number of piperidine rings is 1. The van der Waals surface area contributed by atoms with Crippen molar-refractivity contribution in [1.82, 2.24) is 4.90 Å². The molecule has 2 unspecified atom stereocenters. The van der Waals surface area contributed by atoms with Gasteiger partial charge >= 0.3 is 0 Å². The van der Waals surface area contributed by atoms with E-state index in [-0.39, 0.29) is 0 Å². The highest BCUT2D eigenvalue weighted by Gasteiger charge is 2.48. The minimum Gasteiger partial charge on any atom is -0.303 e. The van der Waals surface area contributed by atoms with E-state index in [1.54, 1.807) is 0 Å². The average Bonchev–Trinajstić information content (AvgIpc) is 2.39. The third-order valence-electron chi connectivity index (χ3n) is 2.81. The zero-order valence-corrected chi connectivity index (χ0v) is 5.59. The minimum atomic E-state index is 0.889.